The van der Waals surface area contributed by atoms with E-state index in [2.05, 4.69) is 5.32 Å². The molecule has 6 heteroatoms. The Kier molecular flexibility index (Phi) is 4.80. The molecule has 0 bridgehead atoms. The van der Waals surface area contributed by atoms with Crippen LogP contribution >= 0.6 is 0 Å². The summed E-state index contributed by atoms with van der Waals surface area (Å²) in [5, 5.41) is 2.55. The third-order valence-corrected chi connectivity index (χ3v) is 5.95. The van der Waals surface area contributed by atoms with E-state index in [0.717, 1.165) is 16.7 Å². The van der Waals surface area contributed by atoms with E-state index in [0.29, 0.717) is 13.0 Å². The Morgan fingerprint density at radius 3 is 2.41 bits per heavy atom. The summed E-state index contributed by atoms with van der Waals surface area (Å²) in [4.78, 5) is 13.9. The summed E-state index contributed by atoms with van der Waals surface area (Å²) in [6, 6.07) is 5.76. The number of amides is 2. The van der Waals surface area contributed by atoms with Gasteiger partial charge in [-0.25, -0.2) is 13.2 Å². The number of nitrogens with zero attached hydrogens (tertiary/aromatic N) is 1. The fraction of sp³-hybridized carbons (Fsp3) is 0.562. The SMILES string of the molecule is Cc1cccc(C)c1[C@H](C)NC(=O)N1CC[C@H](S(C)(=O)=O)C1. The number of urea groups is 1. The van der Waals surface area contributed by atoms with Crippen LogP contribution in [0.3, 0.4) is 0 Å². The molecule has 1 aromatic carbocycles. The Morgan fingerprint density at radius 1 is 1.32 bits per heavy atom. The molecule has 1 aliphatic heterocycles. The second-order valence-corrected chi connectivity index (χ2v) is 8.49. The van der Waals surface area contributed by atoms with Crippen molar-refractivity contribution in [2.24, 2.45) is 0 Å². The molecule has 1 aliphatic rings. The van der Waals surface area contributed by atoms with Gasteiger partial charge >= 0.3 is 6.03 Å². The van der Waals surface area contributed by atoms with Gasteiger partial charge in [-0.05, 0) is 43.9 Å². The smallest absolute Gasteiger partial charge is 0.317 e. The van der Waals surface area contributed by atoms with Crippen LogP contribution in [0.15, 0.2) is 18.2 Å². The Balaban J connectivity index is 2.04. The monoisotopic (exact) mass is 324 g/mol. The van der Waals surface area contributed by atoms with E-state index in [1.54, 1.807) is 4.90 Å². The van der Waals surface area contributed by atoms with Crippen molar-refractivity contribution in [2.75, 3.05) is 19.3 Å². The van der Waals surface area contributed by atoms with Gasteiger partial charge in [-0.1, -0.05) is 18.2 Å². The Labute approximate surface area is 132 Å². The molecule has 1 aromatic rings. The topological polar surface area (TPSA) is 66.5 Å². The van der Waals surface area contributed by atoms with Gasteiger partial charge in [0.25, 0.3) is 0 Å². The third-order valence-electron chi connectivity index (χ3n) is 4.35. The second-order valence-electron chi connectivity index (χ2n) is 6.16. The zero-order valence-electron chi connectivity index (χ0n) is 13.6. The number of carbonyl (C=O) groups is 1. The molecule has 0 saturated carbocycles. The van der Waals surface area contributed by atoms with Gasteiger partial charge in [-0.3, -0.25) is 0 Å². The van der Waals surface area contributed by atoms with Gasteiger partial charge in [-0.15, -0.1) is 0 Å². The van der Waals surface area contributed by atoms with Gasteiger partial charge in [0.15, 0.2) is 9.84 Å². The molecule has 1 N–H and O–H groups in total. The molecule has 0 aromatic heterocycles. The molecule has 122 valence electrons. The van der Waals surface area contributed by atoms with Gasteiger partial charge in [-0.2, -0.15) is 0 Å². The lowest BCUT2D eigenvalue weighted by Crippen LogP contribution is -2.41. The summed E-state index contributed by atoms with van der Waals surface area (Å²) in [7, 11) is -3.08. The van der Waals surface area contributed by atoms with Crippen LogP contribution in [0.5, 0.6) is 0 Å². The van der Waals surface area contributed by atoms with Gasteiger partial charge in [0.2, 0.25) is 0 Å². The lowest BCUT2D eigenvalue weighted by molar-refractivity contribution is 0.205. The minimum absolute atomic E-state index is 0.106. The van der Waals surface area contributed by atoms with E-state index in [1.807, 2.05) is 39.0 Å². The lowest BCUT2D eigenvalue weighted by Gasteiger charge is -2.23. The zero-order chi connectivity index (χ0) is 16.5. The highest BCUT2D eigenvalue weighted by atomic mass is 32.2. The number of carbonyl (C=O) groups excluding carboxylic acids is 1. The van der Waals surface area contributed by atoms with Crippen LogP contribution in [0.2, 0.25) is 0 Å². The van der Waals surface area contributed by atoms with Gasteiger partial charge in [0.1, 0.15) is 0 Å². The highest BCUT2D eigenvalue weighted by Gasteiger charge is 2.33. The minimum atomic E-state index is -3.08. The van der Waals surface area contributed by atoms with Crippen molar-refractivity contribution in [1.82, 2.24) is 10.2 Å². The normalized spacial score (nSPS) is 20.0. The number of nitrogens with one attached hydrogen (secondary N) is 1. The van der Waals surface area contributed by atoms with Gasteiger partial charge < -0.3 is 10.2 Å². The molecule has 1 heterocycles. The number of rotatable bonds is 3. The van der Waals surface area contributed by atoms with Gasteiger partial charge in [0, 0.05) is 19.3 Å². The first-order valence-electron chi connectivity index (χ1n) is 7.50. The molecule has 2 rings (SSSR count). The quantitative estimate of drug-likeness (QED) is 0.927. The molecule has 1 saturated heterocycles. The zero-order valence-corrected chi connectivity index (χ0v) is 14.4. The van der Waals surface area contributed by atoms with Crippen molar-refractivity contribution in [3.8, 4) is 0 Å². The Hall–Kier alpha value is -1.56. The van der Waals surface area contributed by atoms with E-state index in [4.69, 9.17) is 0 Å². The number of benzene rings is 1. The van der Waals surface area contributed by atoms with Crippen molar-refractivity contribution in [1.29, 1.82) is 0 Å². The molecule has 5 nitrogen and oxygen atoms in total. The summed E-state index contributed by atoms with van der Waals surface area (Å²) in [5.74, 6) is 0. The fourth-order valence-corrected chi connectivity index (χ4v) is 4.11. The summed E-state index contributed by atoms with van der Waals surface area (Å²) in [6.45, 7) is 6.78. The first-order chi connectivity index (χ1) is 10.2. The maximum atomic E-state index is 12.3. The predicted molar refractivity (Wildman–Crippen MR) is 87.7 cm³/mol. The fourth-order valence-electron chi connectivity index (χ4n) is 3.12. The number of hydrogen-bond acceptors (Lipinski definition) is 3. The molecule has 0 aliphatic carbocycles. The number of aryl methyl sites for hydroxylation is 2. The standard InChI is InChI=1S/C16H24N2O3S/c1-11-6-5-7-12(2)15(11)13(3)17-16(19)18-9-8-14(10-18)22(4,20)21/h5-7,13-14H,8-10H2,1-4H3,(H,17,19)/t13-,14-/m0/s1. The molecule has 1 fully saturated rings. The van der Waals surface area contributed by atoms with Gasteiger partial charge in [0.05, 0.1) is 11.3 Å². The van der Waals surface area contributed by atoms with Crippen molar-refractivity contribution in [2.45, 2.75) is 38.5 Å². The van der Waals surface area contributed by atoms with Crippen molar-refractivity contribution in [3.05, 3.63) is 34.9 Å². The summed E-state index contributed by atoms with van der Waals surface area (Å²) < 4.78 is 23.2. The molecular weight excluding hydrogens is 300 g/mol. The van der Waals surface area contributed by atoms with E-state index in [1.165, 1.54) is 6.26 Å². The number of likely N-dealkylation sites (tertiary alicyclic amines) is 1. The largest absolute Gasteiger partial charge is 0.331 e. The lowest BCUT2D eigenvalue weighted by atomic mass is 9.97. The second kappa shape index (κ2) is 6.28. The molecule has 22 heavy (non-hydrogen) atoms. The summed E-state index contributed by atoms with van der Waals surface area (Å²) >= 11 is 0. The highest BCUT2D eigenvalue weighted by Crippen LogP contribution is 2.22. The third kappa shape index (κ3) is 3.61. The minimum Gasteiger partial charge on any atom is -0.331 e. The van der Waals surface area contributed by atoms with E-state index < -0.39 is 15.1 Å². The van der Waals surface area contributed by atoms with Crippen LogP contribution in [-0.4, -0.2) is 43.9 Å². The maximum Gasteiger partial charge on any atom is 0.317 e. The van der Waals surface area contributed by atoms with Crippen LogP contribution in [0, 0.1) is 13.8 Å². The number of hydrogen-bond donors (Lipinski definition) is 1. The first-order valence-corrected chi connectivity index (χ1v) is 9.46. The van der Waals surface area contributed by atoms with E-state index >= 15 is 0 Å². The Morgan fingerprint density at radius 2 is 1.91 bits per heavy atom. The average molecular weight is 324 g/mol. The van der Waals surface area contributed by atoms with E-state index in [9.17, 15) is 13.2 Å². The van der Waals surface area contributed by atoms with Crippen molar-refractivity contribution in [3.63, 3.8) is 0 Å². The van der Waals surface area contributed by atoms with Crippen LogP contribution in [0.25, 0.3) is 0 Å². The first kappa shape index (κ1) is 16.8. The molecule has 0 spiro atoms. The average Bonchev–Trinajstić information content (AvgIpc) is 2.87. The molecule has 2 atom stereocenters. The summed E-state index contributed by atoms with van der Waals surface area (Å²) in [5.41, 5.74) is 3.40. The van der Waals surface area contributed by atoms with Crippen LogP contribution in [-0.2, 0) is 9.84 Å². The van der Waals surface area contributed by atoms with Crippen molar-refractivity contribution >= 4 is 15.9 Å². The van der Waals surface area contributed by atoms with E-state index in [-0.39, 0.29) is 18.6 Å². The predicted octanol–water partition coefficient (Wildman–Crippen LogP) is 2.19. The molecule has 0 unspecified atom stereocenters. The number of sulfone groups is 1. The van der Waals surface area contributed by atoms with Crippen LogP contribution in [0.4, 0.5) is 4.79 Å². The Bertz CT molecular complexity index is 650. The molecule has 2 amide bonds. The molecular formula is C16H24N2O3S. The molecule has 0 radical (unpaired) electrons. The van der Waals surface area contributed by atoms with Crippen LogP contribution < -0.4 is 5.32 Å². The maximum absolute atomic E-state index is 12.3. The van der Waals surface area contributed by atoms with Crippen LogP contribution in [0.1, 0.15) is 36.1 Å². The highest BCUT2D eigenvalue weighted by molar-refractivity contribution is 7.91. The van der Waals surface area contributed by atoms with Crippen molar-refractivity contribution < 1.29 is 13.2 Å². The summed E-state index contributed by atoms with van der Waals surface area (Å²) in [6.07, 6.45) is 1.75.